The van der Waals surface area contributed by atoms with Crippen molar-refractivity contribution in [3.63, 3.8) is 0 Å². The largest absolute Gasteiger partial charge is 0.480 e. The highest BCUT2D eigenvalue weighted by Gasteiger charge is 2.41. The lowest BCUT2D eigenvalue weighted by molar-refractivity contribution is -0.176. The Morgan fingerprint density at radius 2 is 1.91 bits per heavy atom. The highest BCUT2D eigenvalue weighted by Crippen LogP contribution is 2.37. The first kappa shape index (κ1) is 8.91. The zero-order valence-electron chi connectivity index (χ0n) is 6.61. The Balaban J connectivity index is 2.24. The molecule has 1 saturated heterocycles. The Hall–Kier alpha value is -0.185. The Kier molecular flexibility index (Phi) is 1.95. The summed E-state index contributed by atoms with van der Waals surface area (Å²) in [7, 11) is 0. The van der Waals surface area contributed by atoms with Crippen molar-refractivity contribution in [2.45, 2.75) is 38.3 Å². The van der Waals surface area contributed by atoms with E-state index in [9.17, 15) is 12.9 Å². The summed E-state index contributed by atoms with van der Waals surface area (Å²) in [5, 5.41) is 0. The van der Waals surface area contributed by atoms with Crippen LogP contribution >= 0.6 is 0 Å². The molecule has 1 unspecified atom stereocenters. The summed E-state index contributed by atoms with van der Waals surface area (Å²) in [5.41, 5.74) is -0.327. The summed E-state index contributed by atoms with van der Waals surface area (Å²) in [5.74, 6) is 0. The SMILES string of the molecule is CC1(C)CC(C[B-](F)(F)F)O1. The van der Waals surface area contributed by atoms with Gasteiger partial charge in [0.05, 0.1) is 5.60 Å². The van der Waals surface area contributed by atoms with Gasteiger partial charge >= 0.3 is 6.98 Å². The van der Waals surface area contributed by atoms with Crippen LogP contribution in [0, 0.1) is 0 Å². The van der Waals surface area contributed by atoms with Gasteiger partial charge in [-0.25, -0.2) is 0 Å². The van der Waals surface area contributed by atoms with Crippen LogP contribution in [0.4, 0.5) is 12.9 Å². The molecule has 1 rings (SSSR count). The van der Waals surface area contributed by atoms with Gasteiger partial charge in [-0.1, -0.05) is 6.32 Å². The first-order chi connectivity index (χ1) is 4.79. The summed E-state index contributed by atoms with van der Waals surface area (Å²) in [6, 6.07) is 0. The first-order valence-electron chi connectivity index (χ1n) is 3.67. The topological polar surface area (TPSA) is 9.23 Å². The molecular weight excluding hydrogens is 156 g/mol. The van der Waals surface area contributed by atoms with Crippen molar-refractivity contribution in [2.24, 2.45) is 0 Å². The van der Waals surface area contributed by atoms with Crippen LogP contribution in [-0.4, -0.2) is 18.7 Å². The van der Waals surface area contributed by atoms with Crippen molar-refractivity contribution in [1.29, 1.82) is 0 Å². The van der Waals surface area contributed by atoms with Gasteiger partial charge in [0.1, 0.15) is 0 Å². The molecule has 0 amide bonds. The van der Waals surface area contributed by atoms with Gasteiger partial charge in [0, 0.05) is 6.10 Å². The van der Waals surface area contributed by atoms with Crippen LogP contribution in [0.5, 0.6) is 0 Å². The predicted octanol–water partition coefficient (Wildman–Crippen LogP) is 2.40. The molecule has 11 heavy (non-hydrogen) atoms. The van der Waals surface area contributed by atoms with Crippen molar-refractivity contribution in [3.8, 4) is 0 Å². The third kappa shape index (κ3) is 2.73. The van der Waals surface area contributed by atoms with Gasteiger partial charge in [-0.2, -0.15) is 0 Å². The zero-order valence-corrected chi connectivity index (χ0v) is 6.61. The average Bonchev–Trinajstić information content (AvgIpc) is 1.53. The van der Waals surface area contributed by atoms with Crippen LogP contribution in [0.1, 0.15) is 20.3 Å². The quantitative estimate of drug-likeness (QED) is 0.573. The monoisotopic (exact) mass is 167 g/mol. The molecule has 1 aliphatic heterocycles. The summed E-state index contributed by atoms with van der Waals surface area (Å²) in [4.78, 5) is 0. The Morgan fingerprint density at radius 1 is 1.45 bits per heavy atom. The Morgan fingerprint density at radius 3 is 2.18 bits per heavy atom. The van der Waals surface area contributed by atoms with Gasteiger partial charge in [-0.15, -0.1) is 0 Å². The van der Waals surface area contributed by atoms with Crippen molar-refractivity contribution in [3.05, 3.63) is 0 Å². The van der Waals surface area contributed by atoms with Crippen LogP contribution < -0.4 is 0 Å². The van der Waals surface area contributed by atoms with Crippen LogP contribution in [0.25, 0.3) is 0 Å². The second-order valence-electron chi connectivity index (χ2n) is 3.65. The molecule has 0 radical (unpaired) electrons. The number of hydrogen-bond donors (Lipinski definition) is 0. The van der Waals surface area contributed by atoms with E-state index in [2.05, 4.69) is 0 Å². The van der Waals surface area contributed by atoms with Gasteiger partial charge in [0.2, 0.25) is 0 Å². The molecule has 1 heterocycles. The van der Waals surface area contributed by atoms with E-state index in [-0.39, 0.29) is 5.60 Å². The Labute approximate surface area is 64.0 Å². The molecule has 1 aliphatic rings. The zero-order chi connectivity index (χ0) is 8.70. The van der Waals surface area contributed by atoms with E-state index in [1.54, 1.807) is 13.8 Å². The number of halogens is 3. The minimum atomic E-state index is -4.67. The summed E-state index contributed by atoms with van der Waals surface area (Å²) in [6.45, 7) is -1.07. The molecule has 0 aromatic carbocycles. The van der Waals surface area contributed by atoms with E-state index in [1.807, 2.05) is 0 Å². The summed E-state index contributed by atoms with van der Waals surface area (Å²) < 4.78 is 40.3. The lowest BCUT2D eigenvalue weighted by atomic mass is 9.76. The lowest BCUT2D eigenvalue weighted by Gasteiger charge is -2.45. The summed E-state index contributed by atoms with van der Waals surface area (Å²) in [6.07, 6.45) is -0.803. The van der Waals surface area contributed by atoms with Crippen molar-refractivity contribution in [2.75, 3.05) is 0 Å². The summed E-state index contributed by atoms with van der Waals surface area (Å²) >= 11 is 0. The lowest BCUT2D eigenvalue weighted by Crippen LogP contribution is -2.47. The van der Waals surface area contributed by atoms with E-state index in [4.69, 9.17) is 4.74 Å². The first-order valence-corrected chi connectivity index (χ1v) is 3.67. The normalized spacial score (nSPS) is 29.7. The maximum Gasteiger partial charge on any atom is 0.480 e. The standard InChI is InChI=1S/C6H11BF3O/c1-6(2)3-5(11-6)4-7(8,9)10/h5H,3-4H2,1-2H3/q-1. The van der Waals surface area contributed by atoms with Crippen LogP contribution in [0.15, 0.2) is 0 Å². The number of ether oxygens (including phenoxy) is 1. The highest BCUT2D eigenvalue weighted by molar-refractivity contribution is 6.58. The smallest absolute Gasteiger partial charge is 0.449 e. The van der Waals surface area contributed by atoms with E-state index in [0.717, 1.165) is 0 Å². The van der Waals surface area contributed by atoms with Crippen LogP contribution in [0.2, 0.25) is 6.32 Å². The molecule has 66 valence electrons. The third-order valence-corrected chi connectivity index (χ3v) is 1.74. The Bertz CT molecular complexity index is 146. The molecular formula is C6H11BF3O-. The van der Waals surface area contributed by atoms with E-state index in [0.29, 0.717) is 6.42 Å². The number of rotatable bonds is 2. The molecule has 0 aromatic heterocycles. The van der Waals surface area contributed by atoms with E-state index in [1.165, 1.54) is 0 Å². The van der Waals surface area contributed by atoms with Crippen molar-refractivity contribution < 1.29 is 17.7 Å². The van der Waals surface area contributed by atoms with Gasteiger partial charge in [-0.05, 0) is 20.3 Å². The maximum atomic E-state index is 11.8. The van der Waals surface area contributed by atoms with Gasteiger partial charge in [-0.3, -0.25) is 0 Å². The van der Waals surface area contributed by atoms with Crippen LogP contribution in [0.3, 0.4) is 0 Å². The second-order valence-corrected chi connectivity index (χ2v) is 3.65. The molecule has 0 saturated carbocycles. The van der Waals surface area contributed by atoms with Crippen molar-refractivity contribution in [1.82, 2.24) is 0 Å². The van der Waals surface area contributed by atoms with Gasteiger partial charge in [0.25, 0.3) is 0 Å². The molecule has 1 atom stereocenters. The molecule has 0 spiro atoms. The molecule has 1 fully saturated rings. The minimum Gasteiger partial charge on any atom is -0.449 e. The van der Waals surface area contributed by atoms with Gasteiger partial charge in [0.15, 0.2) is 0 Å². The van der Waals surface area contributed by atoms with Gasteiger partial charge < -0.3 is 17.7 Å². The third-order valence-electron chi connectivity index (χ3n) is 1.74. The fourth-order valence-corrected chi connectivity index (χ4v) is 1.42. The molecule has 5 heteroatoms. The molecule has 0 aromatic rings. The molecule has 0 aliphatic carbocycles. The van der Waals surface area contributed by atoms with Crippen LogP contribution in [-0.2, 0) is 4.74 Å². The fraction of sp³-hybridized carbons (Fsp3) is 1.00. The van der Waals surface area contributed by atoms with E-state index >= 15 is 0 Å². The number of hydrogen-bond acceptors (Lipinski definition) is 1. The predicted molar refractivity (Wildman–Crippen MR) is 37.5 cm³/mol. The fourth-order valence-electron chi connectivity index (χ4n) is 1.42. The highest BCUT2D eigenvalue weighted by atomic mass is 19.4. The molecule has 1 nitrogen and oxygen atoms in total. The minimum absolute atomic E-state index is 0.327. The molecule has 0 bridgehead atoms. The second kappa shape index (κ2) is 2.40. The van der Waals surface area contributed by atoms with E-state index < -0.39 is 19.4 Å². The van der Waals surface area contributed by atoms with Crippen molar-refractivity contribution >= 4 is 6.98 Å². The maximum absolute atomic E-state index is 11.8. The average molecular weight is 167 g/mol. The molecule has 0 N–H and O–H groups in total.